The van der Waals surface area contributed by atoms with Gasteiger partial charge in [-0.05, 0) is 20.8 Å². The number of nitrogens with zero attached hydrogens (tertiary/aromatic N) is 1. The first-order valence-corrected chi connectivity index (χ1v) is 4.36. The summed E-state index contributed by atoms with van der Waals surface area (Å²) >= 11 is 0. The normalized spacial score (nSPS) is 28.0. The van der Waals surface area contributed by atoms with Crippen molar-refractivity contribution in [3.05, 3.63) is 5.21 Å². The van der Waals surface area contributed by atoms with Crippen LogP contribution in [0.1, 0.15) is 20.8 Å². The molecule has 0 atom stereocenters. The SMILES string of the molecule is CC(C)(C)N(C(=O)O)C1C[NH+]([O-])C1. The summed E-state index contributed by atoms with van der Waals surface area (Å²) in [6.45, 7) is 6.27. The highest BCUT2D eigenvalue weighted by Gasteiger charge is 2.40. The lowest BCUT2D eigenvalue weighted by atomic mass is 10.0. The van der Waals surface area contributed by atoms with Gasteiger partial charge >= 0.3 is 6.09 Å². The Morgan fingerprint density at radius 1 is 1.54 bits per heavy atom. The molecule has 5 nitrogen and oxygen atoms in total. The summed E-state index contributed by atoms with van der Waals surface area (Å²) in [6, 6.07) is -0.106. The maximum atomic E-state index is 10.9. The van der Waals surface area contributed by atoms with Gasteiger partial charge in [0.2, 0.25) is 0 Å². The van der Waals surface area contributed by atoms with Gasteiger partial charge in [-0.3, -0.25) is 4.90 Å². The van der Waals surface area contributed by atoms with E-state index in [2.05, 4.69) is 0 Å². The largest absolute Gasteiger partial charge is 0.634 e. The topological polar surface area (TPSA) is 68.0 Å². The average Bonchev–Trinajstić information content (AvgIpc) is 1.79. The molecule has 0 aliphatic carbocycles. The van der Waals surface area contributed by atoms with Crippen LogP contribution in [0.15, 0.2) is 0 Å². The maximum absolute atomic E-state index is 10.9. The summed E-state index contributed by atoms with van der Waals surface area (Å²) in [4.78, 5) is 12.3. The zero-order valence-electron chi connectivity index (χ0n) is 8.20. The first-order chi connectivity index (χ1) is 5.82. The van der Waals surface area contributed by atoms with E-state index in [-0.39, 0.29) is 11.1 Å². The quantitative estimate of drug-likeness (QED) is 0.547. The number of carbonyl (C=O) groups is 1. The van der Waals surface area contributed by atoms with Crippen LogP contribution in [0, 0.1) is 5.21 Å². The van der Waals surface area contributed by atoms with Crippen LogP contribution in [0.5, 0.6) is 0 Å². The van der Waals surface area contributed by atoms with Crippen molar-refractivity contribution in [1.82, 2.24) is 4.90 Å². The molecule has 2 N–H and O–H groups in total. The first-order valence-electron chi connectivity index (χ1n) is 4.36. The van der Waals surface area contributed by atoms with Gasteiger partial charge in [0.25, 0.3) is 0 Å². The van der Waals surface area contributed by atoms with Gasteiger partial charge in [-0.15, -0.1) is 0 Å². The molecule has 1 amide bonds. The minimum Gasteiger partial charge on any atom is -0.634 e. The summed E-state index contributed by atoms with van der Waals surface area (Å²) in [7, 11) is 0. The molecule has 1 aliphatic heterocycles. The molecule has 76 valence electrons. The molecule has 1 fully saturated rings. The summed E-state index contributed by atoms with van der Waals surface area (Å²) in [5.41, 5.74) is -0.419. The summed E-state index contributed by atoms with van der Waals surface area (Å²) < 4.78 is 0. The zero-order valence-corrected chi connectivity index (χ0v) is 8.20. The Hall–Kier alpha value is -0.810. The molecule has 0 aromatic carbocycles. The molecule has 1 aliphatic rings. The van der Waals surface area contributed by atoms with E-state index >= 15 is 0 Å². The number of hydroxylamine groups is 2. The van der Waals surface area contributed by atoms with E-state index in [1.807, 2.05) is 20.8 Å². The summed E-state index contributed by atoms with van der Waals surface area (Å²) in [6.07, 6.45) is -0.940. The second kappa shape index (κ2) is 3.16. The van der Waals surface area contributed by atoms with Crippen molar-refractivity contribution in [2.45, 2.75) is 32.4 Å². The van der Waals surface area contributed by atoms with Crippen LogP contribution in [-0.4, -0.2) is 40.8 Å². The third-order valence-corrected chi connectivity index (χ3v) is 2.22. The molecule has 0 aromatic heterocycles. The fourth-order valence-electron chi connectivity index (χ4n) is 1.64. The molecule has 1 saturated heterocycles. The molecule has 1 rings (SSSR count). The maximum Gasteiger partial charge on any atom is 0.408 e. The van der Waals surface area contributed by atoms with Gasteiger partial charge < -0.3 is 15.4 Å². The van der Waals surface area contributed by atoms with Crippen molar-refractivity contribution in [2.75, 3.05) is 13.1 Å². The Balaban J connectivity index is 2.65. The summed E-state index contributed by atoms with van der Waals surface area (Å²) in [5, 5.41) is 19.8. The zero-order chi connectivity index (χ0) is 10.2. The van der Waals surface area contributed by atoms with Crippen molar-refractivity contribution in [1.29, 1.82) is 0 Å². The number of hydrogen-bond acceptors (Lipinski definition) is 2. The van der Waals surface area contributed by atoms with Crippen molar-refractivity contribution in [2.24, 2.45) is 0 Å². The predicted molar refractivity (Wildman–Crippen MR) is 47.5 cm³/mol. The number of nitrogens with one attached hydrogen (secondary N) is 1. The minimum absolute atomic E-state index is 0.106. The minimum atomic E-state index is -0.940. The predicted octanol–water partition coefficient (Wildman–Crippen LogP) is -0.470. The van der Waals surface area contributed by atoms with Crippen LogP contribution in [-0.2, 0) is 0 Å². The lowest BCUT2D eigenvalue weighted by Crippen LogP contribution is -3.18. The average molecular weight is 188 g/mol. The van der Waals surface area contributed by atoms with E-state index in [0.29, 0.717) is 13.1 Å². The van der Waals surface area contributed by atoms with Crippen molar-refractivity contribution in [3.8, 4) is 0 Å². The Morgan fingerprint density at radius 3 is 2.23 bits per heavy atom. The number of rotatable bonds is 1. The van der Waals surface area contributed by atoms with Gasteiger partial charge in [0.1, 0.15) is 19.1 Å². The van der Waals surface area contributed by atoms with E-state index in [0.717, 1.165) is 0 Å². The summed E-state index contributed by atoms with van der Waals surface area (Å²) in [5.74, 6) is 0. The molecule has 5 heteroatoms. The lowest BCUT2D eigenvalue weighted by Gasteiger charge is -2.47. The second-order valence-corrected chi connectivity index (χ2v) is 4.42. The Kier molecular flexibility index (Phi) is 2.49. The number of hydrogen-bond donors (Lipinski definition) is 2. The fourth-order valence-corrected chi connectivity index (χ4v) is 1.64. The molecular formula is C8H16N2O3. The van der Waals surface area contributed by atoms with Crippen LogP contribution >= 0.6 is 0 Å². The number of carboxylic acid groups (broad SMARTS) is 1. The molecule has 0 unspecified atom stereocenters. The highest BCUT2D eigenvalue weighted by Crippen LogP contribution is 2.17. The molecule has 0 radical (unpaired) electrons. The molecule has 0 aromatic rings. The van der Waals surface area contributed by atoms with Crippen molar-refractivity contribution < 1.29 is 15.0 Å². The van der Waals surface area contributed by atoms with Crippen LogP contribution in [0.25, 0.3) is 0 Å². The third kappa shape index (κ3) is 2.10. The molecule has 0 saturated carbocycles. The van der Waals surface area contributed by atoms with Gasteiger partial charge in [-0.25, -0.2) is 4.79 Å². The number of amides is 1. The lowest BCUT2D eigenvalue weighted by molar-refractivity contribution is -0.896. The van der Waals surface area contributed by atoms with Crippen LogP contribution < -0.4 is 5.06 Å². The van der Waals surface area contributed by atoms with Gasteiger partial charge in [0, 0.05) is 5.54 Å². The molecule has 0 bridgehead atoms. The van der Waals surface area contributed by atoms with E-state index in [1.165, 1.54) is 4.90 Å². The molecular weight excluding hydrogens is 172 g/mol. The van der Waals surface area contributed by atoms with E-state index in [9.17, 15) is 10.0 Å². The Morgan fingerprint density at radius 2 is 2.00 bits per heavy atom. The van der Waals surface area contributed by atoms with Crippen LogP contribution in [0.4, 0.5) is 4.79 Å². The number of quaternary nitrogens is 1. The Labute approximate surface area is 77.5 Å². The van der Waals surface area contributed by atoms with Gasteiger partial charge in [0.15, 0.2) is 0 Å². The van der Waals surface area contributed by atoms with Crippen LogP contribution in [0.3, 0.4) is 0 Å². The van der Waals surface area contributed by atoms with Crippen molar-refractivity contribution in [3.63, 3.8) is 0 Å². The van der Waals surface area contributed by atoms with Crippen molar-refractivity contribution >= 4 is 6.09 Å². The molecule has 0 spiro atoms. The second-order valence-electron chi connectivity index (χ2n) is 4.42. The monoisotopic (exact) mass is 188 g/mol. The Bertz CT molecular complexity index is 206. The highest BCUT2D eigenvalue weighted by atomic mass is 16.5. The van der Waals surface area contributed by atoms with E-state index < -0.39 is 11.6 Å². The van der Waals surface area contributed by atoms with E-state index in [1.54, 1.807) is 0 Å². The smallest absolute Gasteiger partial charge is 0.408 e. The highest BCUT2D eigenvalue weighted by molar-refractivity contribution is 5.66. The van der Waals surface area contributed by atoms with Gasteiger partial charge in [0.05, 0.1) is 0 Å². The fraction of sp³-hybridized carbons (Fsp3) is 0.875. The molecule has 13 heavy (non-hydrogen) atoms. The standard InChI is InChI=1S/C8H16N2O3/c1-8(2,3)10(7(11)12)6-4-9(13)5-6/h6,9H,4-5H2,1-3H3,(H,11,12). The van der Waals surface area contributed by atoms with Gasteiger partial charge in [-0.1, -0.05) is 0 Å². The first kappa shape index (κ1) is 10.3. The van der Waals surface area contributed by atoms with E-state index in [4.69, 9.17) is 5.11 Å². The third-order valence-electron chi connectivity index (χ3n) is 2.22. The van der Waals surface area contributed by atoms with Gasteiger partial charge in [-0.2, -0.15) is 0 Å². The molecule has 1 heterocycles. The van der Waals surface area contributed by atoms with Crippen LogP contribution in [0.2, 0.25) is 0 Å².